The molecule has 60 heavy (non-hydrogen) atoms. The van der Waals surface area contributed by atoms with Gasteiger partial charge in [0.1, 0.15) is 0 Å². The average molecular weight is 767 g/mol. The van der Waals surface area contributed by atoms with Crippen LogP contribution in [0.2, 0.25) is 0 Å². The van der Waals surface area contributed by atoms with E-state index in [0.29, 0.717) is 11.8 Å². The molecule has 2 heterocycles. The van der Waals surface area contributed by atoms with Crippen molar-refractivity contribution >= 4 is 43.6 Å². The molecular weight excluding hydrogens is 725 g/mol. The van der Waals surface area contributed by atoms with Gasteiger partial charge in [0, 0.05) is 32.7 Å². The van der Waals surface area contributed by atoms with Crippen molar-refractivity contribution in [2.24, 2.45) is 0 Å². The first-order valence-corrected chi connectivity index (χ1v) is 21.2. The van der Waals surface area contributed by atoms with Gasteiger partial charge in [0.25, 0.3) is 0 Å². The second kappa shape index (κ2) is 13.6. The fourth-order valence-electron chi connectivity index (χ4n) is 10.1. The lowest BCUT2D eigenvalue weighted by atomic mass is 9.72. The third-order valence-corrected chi connectivity index (χ3v) is 13.4. The van der Waals surface area contributed by atoms with Gasteiger partial charge in [-0.1, -0.05) is 153 Å². The van der Waals surface area contributed by atoms with E-state index in [4.69, 9.17) is 0 Å². The molecule has 2 heteroatoms. The number of benzene rings is 9. The normalized spacial score (nSPS) is 14.8. The van der Waals surface area contributed by atoms with E-state index in [9.17, 15) is 0 Å². The van der Waals surface area contributed by atoms with E-state index in [2.05, 4.69) is 224 Å². The summed E-state index contributed by atoms with van der Waals surface area (Å²) in [7, 11) is 0. The molecule has 1 N–H and O–H groups in total. The Kier molecular flexibility index (Phi) is 7.83. The molecule has 2 unspecified atom stereocenters. The molecule has 0 radical (unpaired) electrons. The topological polar surface area (TPSA) is 20.7 Å². The van der Waals surface area contributed by atoms with Gasteiger partial charge in [-0.25, -0.2) is 0 Å². The Labute approximate surface area is 350 Å². The standard InChI is InChI=1S/C58H42N2/c1-36-37(2)57-47(26-27-48-51-32-44(24-28-54(51)59-58(48)57)42-20-12-18-40(30-42)38-14-6-3-7-15-38)50-35-56-53(34-49(36)50)52-33-45(25-29-55(52)60(56)46-22-10-5-11-23-46)43-21-13-19-41(31-43)39-16-8-4-9-17-39/h3-37,59H,1-2H3. The summed E-state index contributed by atoms with van der Waals surface area (Å²) >= 11 is 0. The van der Waals surface area contributed by atoms with Crippen molar-refractivity contribution in [3.63, 3.8) is 0 Å². The highest BCUT2D eigenvalue weighted by Gasteiger charge is 2.32. The Hall–Kier alpha value is -7.42. The molecule has 284 valence electrons. The molecule has 9 aromatic carbocycles. The lowest BCUT2D eigenvalue weighted by Crippen LogP contribution is -2.14. The number of nitrogens with one attached hydrogen (secondary N) is 1. The van der Waals surface area contributed by atoms with Gasteiger partial charge in [0.2, 0.25) is 0 Å². The minimum absolute atomic E-state index is 0.322. The predicted octanol–water partition coefficient (Wildman–Crippen LogP) is 16.0. The first-order chi connectivity index (χ1) is 29.6. The van der Waals surface area contributed by atoms with Crippen LogP contribution in [0.5, 0.6) is 0 Å². The second-order valence-electron chi connectivity index (χ2n) is 16.7. The van der Waals surface area contributed by atoms with Crippen LogP contribution >= 0.6 is 0 Å². The molecule has 2 nitrogen and oxygen atoms in total. The van der Waals surface area contributed by atoms with Crippen LogP contribution in [-0.4, -0.2) is 9.55 Å². The van der Waals surface area contributed by atoms with E-state index in [-0.39, 0.29) is 0 Å². The zero-order chi connectivity index (χ0) is 39.9. The summed E-state index contributed by atoms with van der Waals surface area (Å²) in [5.74, 6) is 0.647. The Bertz CT molecular complexity index is 3440. The minimum atomic E-state index is 0.322. The lowest BCUT2D eigenvalue weighted by molar-refractivity contribution is 0.620. The molecule has 0 saturated heterocycles. The van der Waals surface area contributed by atoms with Crippen LogP contribution in [0.3, 0.4) is 0 Å². The molecule has 0 spiro atoms. The van der Waals surface area contributed by atoms with Gasteiger partial charge in [-0.3, -0.25) is 0 Å². The number of fused-ring (bicyclic) bond motifs is 10. The summed E-state index contributed by atoms with van der Waals surface area (Å²) in [5, 5.41) is 5.13. The van der Waals surface area contributed by atoms with Crippen molar-refractivity contribution in [3.05, 3.63) is 211 Å². The van der Waals surface area contributed by atoms with E-state index < -0.39 is 0 Å². The van der Waals surface area contributed by atoms with Crippen LogP contribution < -0.4 is 0 Å². The number of hydrogen-bond acceptors (Lipinski definition) is 0. The van der Waals surface area contributed by atoms with Crippen LogP contribution in [0.25, 0.3) is 105 Å². The number of hydrogen-bond donors (Lipinski definition) is 1. The number of aromatic nitrogens is 2. The van der Waals surface area contributed by atoms with Crippen LogP contribution in [0.15, 0.2) is 200 Å². The van der Waals surface area contributed by atoms with Gasteiger partial charge in [-0.05, 0) is 139 Å². The SMILES string of the molecule is CC1c2cc3c4cc(-c5cccc(-c6ccccc6)c5)ccc4n(-c4ccccc4)c3cc2-c2ccc3c([nH]c4ccc(-c5cccc(-c6ccccc6)c5)cc43)c2C1C. The molecule has 11 aromatic rings. The zero-order valence-corrected chi connectivity index (χ0v) is 33.7. The van der Waals surface area contributed by atoms with E-state index in [1.807, 2.05) is 0 Å². The van der Waals surface area contributed by atoms with Crippen LogP contribution in [-0.2, 0) is 0 Å². The fourth-order valence-corrected chi connectivity index (χ4v) is 10.1. The number of rotatable bonds is 5. The third-order valence-electron chi connectivity index (χ3n) is 13.4. The molecule has 1 aliphatic carbocycles. The molecule has 2 aromatic heterocycles. The zero-order valence-electron chi connectivity index (χ0n) is 33.7. The average Bonchev–Trinajstić information content (AvgIpc) is 3.85. The van der Waals surface area contributed by atoms with Crippen molar-refractivity contribution < 1.29 is 0 Å². The van der Waals surface area contributed by atoms with E-state index in [1.54, 1.807) is 0 Å². The van der Waals surface area contributed by atoms with Crippen LogP contribution in [0.4, 0.5) is 0 Å². The summed E-state index contributed by atoms with van der Waals surface area (Å²) in [6, 6.07) is 73.7. The smallest absolute Gasteiger partial charge is 0.0547 e. The number of H-pyrrole nitrogens is 1. The van der Waals surface area contributed by atoms with Crippen molar-refractivity contribution in [1.82, 2.24) is 9.55 Å². The summed E-state index contributed by atoms with van der Waals surface area (Å²) < 4.78 is 2.47. The van der Waals surface area contributed by atoms with Crippen LogP contribution in [0, 0.1) is 0 Å². The molecule has 12 rings (SSSR count). The van der Waals surface area contributed by atoms with Crippen LogP contribution in [0.1, 0.15) is 36.8 Å². The highest BCUT2D eigenvalue weighted by molar-refractivity contribution is 6.14. The first kappa shape index (κ1) is 34.6. The number of aromatic amines is 1. The van der Waals surface area contributed by atoms with E-state index in [0.717, 1.165) is 0 Å². The Balaban J connectivity index is 1.02. The van der Waals surface area contributed by atoms with Gasteiger partial charge in [0.15, 0.2) is 0 Å². The molecule has 1 aliphatic rings. The molecular formula is C58H42N2. The van der Waals surface area contributed by atoms with Crippen molar-refractivity contribution in [3.8, 4) is 61.3 Å². The van der Waals surface area contributed by atoms with Crippen molar-refractivity contribution in [1.29, 1.82) is 0 Å². The highest BCUT2D eigenvalue weighted by Crippen LogP contribution is 2.52. The Morgan fingerprint density at radius 3 is 1.55 bits per heavy atom. The summed E-state index contributed by atoms with van der Waals surface area (Å²) in [6.07, 6.45) is 0. The number of para-hydroxylation sites is 1. The lowest BCUT2D eigenvalue weighted by Gasteiger charge is -2.32. The molecule has 0 bridgehead atoms. The minimum Gasteiger partial charge on any atom is -0.354 e. The van der Waals surface area contributed by atoms with E-state index >= 15 is 0 Å². The van der Waals surface area contributed by atoms with Gasteiger partial charge in [-0.2, -0.15) is 0 Å². The fraction of sp³-hybridized carbons (Fsp3) is 0.0690. The highest BCUT2D eigenvalue weighted by atomic mass is 15.0. The molecule has 0 amide bonds. The predicted molar refractivity (Wildman–Crippen MR) is 254 cm³/mol. The van der Waals surface area contributed by atoms with Crippen molar-refractivity contribution in [2.45, 2.75) is 25.7 Å². The van der Waals surface area contributed by atoms with Crippen molar-refractivity contribution in [2.75, 3.05) is 0 Å². The summed E-state index contributed by atoms with van der Waals surface area (Å²) in [6.45, 7) is 4.85. The molecule has 0 fully saturated rings. The maximum atomic E-state index is 3.93. The molecule has 0 aliphatic heterocycles. The quantitative estimate of drug-likeness (QED) is 0.180. The maximum absolute atomic E-state index is 3.93. The maximum Gasteiger partial charge on any atom is 0.0547 e. The monoisotopic (exact) mass is 766 g/mol. The van der Waals surface area contributed by atoms with E-state index in [1.165, 1.54) is 116 Å². The largest absolute Gasteiger partial charge is 0.354 e. The first-order valence-electron chi connectivity index (χ1n) is 21.2. The van der Waals surface area contributed by atoms with Gasteiger partial charge >= 0.3 is 0 Å². The summed E-state index contributed by atoms with van der Waals surface area (Å²) in [4.78, 5) is 3.93. The molecule has 2 atom stereocenters. The second-order valence-corrected chi connectivity index (χ2v) is 16.7. The Morgan fingerprint density at radius 2 is 0.900 bits per heavy atom. The molecule has 0 saturated carbocycles. The number of nitrogens with zero attached hydrogens (tertiary/aromatic N) is 1. The summed E-state index contributed by atoms with van der Waals surface area (Å²) in [5.41, 5.74) is 21.4. The van der Waals surface area contributed by atoms with Gasteiger partial charge in [-0.15, -0.1) is 0 Å². The third kappa shape index (κ3) is 5.41. The van der Waals surface area contributed by atoms with Gasteiger partial charge in [0.05, 0.1) is 16.6 Å². The van der Waals surface area contributed by atoms with Gasteiger partial charge < -0.3 is 9.55 Å². The Morgan fingerprint density at radius 1 is 0.367 bits per heavy atom.